The third kappa shape index (κ3) is 2.36. The van der Waals surface area contributed by atoms with Crippen LogP contribution in [-0.4, -0.2) is 6.29 Å². The summed E-state index contributed by atoms with van der Waals surface area (Å²) in [5.41, 5.74) is 1.19. The molecule has 8 atom stereocenters. The molecule has 4 aliphatic carbocycles. The maximum atomic E-state index is 10.9. The highest BCUT2D eigenvalue weighted by molar-refractivity contribution is 5.49. The van der Waals surface area contributed by atoms with Gasteiger partial charge in [0.05, 0.1) is 0 Å². The highest BCUT2D eigenvalue weighted by Crippen LogP contribution is 2.68. The van der Waals surface area contributed by atoms with Gasteiger partial charge in [-0.2, -0.15) is 0 Å². The highest BCUT2D eigenvalue weighted by Gasteiger charge is 2.60. The second-order valence-electron chi connectivity index (χ2n) is 10.5. The lowest BCUT2D eigenvalue weighted by Crippen LogP contribution is -2.54. The van der Waals surface area contributed by atoms with Crippen LogP contribution in [0.15, 0.2) is 0 Å². The summed E-state index contributed by atoms with van der Waals surface area (Å²) in [5.74, 6) is 5.75. The third-order valence-electron chi connectivity index (χ3n) is 9.83. The first kappa shape index (κ1) is 17.1. The van der Waals surface area contributed by atoms with Crippen molar-refractivity contribution in [2.45, 2.75) is 91.4 Å². The fourth-order valence-electron chi connectivity index (χ4n) is 8.65. The van der Waals surface area contributed by atoms with Crippen LogP contribution in [0, 0.1) is 46.3 Å². The molecular weight excluding hydrogens is 292 g/mol. The van der Waals surface area contributed by atoms with Crippen molar-refractivity contribution < 1.29 is 4.79 Å². The zero-order chi connectivity index (χ0) is 16.9. The average molecular weight is 331 g/mol. The third-order valence-corrected chi connectivity index (χ3v) is 9.83. The summed E-state index contributed by atoms with van der Waals surface area (Å²) in [7, 11) is 0. The van der Waals surface area contributed by atoms with Gasteiger partial charge in [-0.05, 0) is 97.7 Å². The van der Waals surface area contributed by atoms with Crippen molar-refractivity contribution in [1.29, 1.82) is 0 Å². The first-order valence-electron chi connectivity index (χ1n) is 10.9. The Balaban J connectivity index is 1.57. The van der Waals surface area contributed by atoms with E-state index in [9.17, 15) is 4.79 Å². The fraction of sp³-hybridized carbons (Fsp3) is 0.957. The largest absolute Gasteiger partial charge is 0.303 e. The van der Waals surface area contributed by atoms with Gasteiger partial charge in [-0.3, -0.25) is 0 Å². The summed E-state index contributed by atoms with van der Waals surface area (Å²) in [6.45, 7) is 7.83. The van der Waals surface area contributed by atoms with Crippen LogP contribution in [-0.2, 0) is 4.79 Å². The molecule has 136 valence electrons. The molecule has 0 aromatic carbocycles. The Labute approximate surface area is 149 Å². The normalized spacial score (nSPS) is 53.8. The average Bonchev–Trinajstić information content (AvgIpc) is 2.89. The number of rotatable bonds is 3. The molecule has 0 aromatic heterocycles. The first-order valence-corrected chi connectivity index (χ1v) is 10.9. The number of carbonyl (C=O) groups is 1. The van der Waals surface area contributed by atoms with Crippen LogP contribution >= 0.6 is 0 Å². The lowest BCUT2D eigenvalue weighted by Gasteiger charge is -2.61. The van der Waals surface area contributed by atoms with Gasteiger partial charge in [0.15, 0.2) is 0 Å². The second-order valence-corrected chi connectivity index (χ2v) is 10.5. The van der Waals surface area contributed by atoms with Crippen LogP contribution in [0.25, 0.3) is 0 Å². The molecule has 0 aliphatic heterocycles. The van der Waals surface area contributed by atoms with Crippen LogP contribution in [0.1, 0.15) is 91.4 Å². The van der Waals surface area contributed by atoms with Crippen molar-refractivity contribution in [2.24, 2.45) is 46.3 Å². The molecule has 4 rings (SSSR count). The van der Waals surface area contributed by atoms with Gasteiger partial charge in [0.1, 0.15) is 6.29 Å². The molecule has 8 unspecified atom stereocenters. The molecule has 0 amide bonds. The van der Waals surface area contributed by atoms with E-state index in [-0.39, 0.29) is 0 Å². The molecular formula is C23H38O. The summed E-state index contributed by atoms with van der Waals surface area (Å²) in [4.78, 5) is 10.9. The van der Waals surface area contributed by atoms with E-state index in [0.717, 1.165) is 54.6 Å². The Kier molecular flexibility index (Phi) is 4.37. The molecule has 1 heteroatoms. The minimum Gasteiger partial charge on any atom is -0.303 e. The number of hydrogen-bond acceptors (Lipinski definition) is 1. The van der Waals surface area contributed by atoms with Gasteiger partial charge in [0, 0.05) is 6.42 Å². The minimum atomic E-state index is 0.549. The number of carbonyl (C=O) groups excluding carboxylic acids is 1. The Morgan fingerprint density at radius 1 is 0.875 bits per heavy atom. The molecule has 0 bridgehead atoms. The molecule has 4 aliphatic rings. The lowest BCUT2D eigenvalue weighted by molar-refractivity contribution is -0.125. The van der Waals surface area contributed by atoms with E-state index in [1.807, 2.05) is 0 Å². The van der Waals surface area contributed by atoms with Gasteiger partial charge >= 0.3 is 0 Å². The number of fused-ring (bicyclic) bond motifs is 5. The quantitative estimate of drug-likeness (QED) is 0.558. The van der Waals surface area contributed by atoms with Crippen LogP contribution in [0.3, 0.4) is 0 Å². The zero-order valence-electron chi connectivity index (χ0n) is 16.2. The molecule has 4 saturated carbocycles. The minimum absolute atomic E-state index is 0.549. The maximum absolute atomic E-state index is 10.9. The lowest BCUT2D eigenvalue weighted by atomic mass is 9.43. The van der Waals surface area contributed by atoms with Crippen molar-refractivity contribution in [2.75, 3.05) is 0 Å². The smallest absolute Gasteiger partial charge is 0.120 e. The van der Waals surface area contributed by atoms with Crippen LogP contribution in [0.2, 0.25) is 0 Å². The fourth-order valence-corrected chi connectivity index (χ4v) is 8.65. The van der Waals surface area contributed by atoms with Gasteiger partial charge in [-0.15, -0.1) is 0 Å². The standard InChI is InChI=1S/C23H38O/c1-16-6-4-13-23(3)19(16)11-9-18-20-10-8-17(7-5-15-24)22(20,2)14-12-21(18)23/h15-21H,4-14H2,1-3H3. The van der Waals surface area contributed by atoms with Crippen molar-refractivity contribution in [3.05, 3.63) is 0 Å². The monoisotopic (exact) mass is 330 g/mol. The SMILES string of the molecule is CC1CCCC2(C)C1CCC1C3CCC(CCC=O)C3(C)CCC12. The molecule has 0 spiro atoms. The summed E-state index contributed by atoms with van der Waals surface area (Å²) in [5, 5.41) is 0. The van der Waals surface area contributed by atoms with Crippen molar-refractivity contribution >= 4 is 6.29 Å². The second kappa shape index (κ2) is 6.13. The van der Waals surface area contributed by atoms with Gasteiger partial charge in [-0.25, -0.2) is 0 Å². The Hall–Kier alpha value is -0.330. The Bertz CT molecular complexity index is 484. The van der Waals surface area contributed by atoms with E-state index in [1.54, 1.807) is 0 Å². The Morgan fingerprint density at radius 2 is 1.62 bits per heavy atom. The Morgan fingerprint density at radius 3 is 2.42 bits per heavy atom. The predicted octanol–water partition coefficient (Wildman–Crippen LogP) is 6.26. The molecule has 0 heterocycles. The van der Waals surface area contributed by atoms with E-state index in [0.29, 0.717) is 10.8 Å². The summed E-state index contributed by atoms with van der Waals surface area (Å²) >= 11 is 0. The highest BCUT2D eigenvalue weighted by atomic mass is 16.1. The van der Waals surface area contributed by atoms with Crippen LogP contribution in [0.4, 0.5) is 0 Å². The van der Waals surface area contributed by atoms with Gasteiger partial charge < -0.3 is 4.79 Å². The van der Waals surface area contributed by atoms with E-state index < -0.39 is 0 Å². The predicted molar refractivity (Wildman–Crippen MR) is 99.7 cm³/mol. The first-order chi connectivity index (χ1) is 11.5. The van der Waals surface area contributed by atoms with E-state index in [4.69, 9.17) is 0 Å². The van der Waals surface area contributed by atoms with Crippen LogP contribution in [0.5, 0.6) is 0 Å². The van der Waals surface area contributed by atoms with E-state index >= 15 is 0 Å². The summed E-state index contributed by atoms with van der Waals surface area (Å²) < 4.78 is 0. The summed E-state index contributed by atoms with van der Waals surface area (Å²) in [6, 6.07) is 0. The molecule has 0 aromatic rings. The van der Waals surface area contributed by atoms with Crippen molar-refractivity contribution in [1.82, 2.24) is 0 Å². The molecule has 0 N–H and O–H groups in total. The van der Waals surface area contributed by atoms with Gasteiger partial charge in [0.2, 0.25) is 0 Å². The van der Waals surface area contributed by atoms with E-state index in [1.165, 1.54) is 57.8 Å². The topological polar surface area (TPSA) is 17.1 Å². The van der Waals surface area contributed by atoms with Crippen molar-refractivity contribution in [3.63, 3.8) is 0 Å². The van der Waals surface area contributed by atoms with Crippen LogP contribution < -0.4 is 0 Å². The molecule has 24 heavy (non-hydrogen) atoms. The molecule has 0 saturated heterocycles. The molecule has 4 fully saturated rings. The van der Waals surface area contributed by atoms with E-state index in [2.05, 4.69) is 20.8 Å². The van der Waals surface area contributed by atoms with Gasteiger partial charge in [-0.1, -0.05) is 33.6 Å². The number of hydrogen-bond donors (Lipinski definition) is 0. The zero-order valence-corrected chi connectivity index (χ0v) is 16.2. The van der Waals surface area contributed by atoms with Crippen molar-refractivity contribution in [3.8, 4) is 0 Å². The number of aldehydes is 1. The molecule has 0 radical (unpaired) electrons. The van der Waals surface area contributed by atoms with Gasteiger partial charge in [0.25, 0.3) is 0 Å². The molecule has 1 nitrogen and oxygen atoms in total. The maximum Gasteiger partial charge on any atom is 0.120 e. The summed E-state index contributed by atoms with van der Waals surface area (Å²) in [6.07, 6.45) is 16.3.